The number of amides is 3. The molecule has 134 valence electrons. The minimum Gasteiger partial charge on any atom is -0.444 e. The Labute approximate surface area is 140 Å². The van der Waals surface area contributed by atoms with Crippen molar-refractivity contribution >= 4 is 17.8 Å². The number of ether oxygens (including phenoxy) is 1. The standard InChI is InChI=1S/C16H23F2N3O3/c1-5-21(15(23)24-16(2,3)4)9-8-19-14(22)20-13-7-6-11(17)10-12(13)18/h6-7,10H,5,8-9H2,1-4H3,(H2,19,20,22). The monoisotopic (exact) mass is 343 g/mol. The minimum atomic E-state index is -0.867. The molecule has 0 aliphatic rings. The fourth-order valence-corrected chi connectivity index (χ4v) is 1.77. The molecular formula is C16H23F2N3O3. The van der Waals surface area contributed by atoms with Gasteiger partial charge in [0, 0.05) is 25.7 Å². The van der Waals surface area contributed by atoms with Crippen LogP contribution in [-0.4, -0.2) is 42.3 Å². The van der Waals surface area contributed by atoms with Crippen LogP contribution in [0.3, 0.4) is 0 Å². The third kappa shape index (κ3) is 6.80. The fourth-order valence-electron chi connectivity index (χ4n) is 1.77. The molecule has 0 atom stereocenters. The highest BCUT2D eigenvalue weighted by molar-refractivity contribution is 5.89. The van der Waals surface area contributed by atoms with Crippen molar-refractivity contribution in [2.24, 2.45) is 0 Å². The molecule has 0 spiro atoms. The van der Waals surface area contributed by atoms with Gasteiger partial charge >= 0.3 is 12.1 Å². The molecule has 0 aliphatic carbocycles. The lowest BCUT2D eigenvalue weighted by Gasteiger charge is -2.26. The number of likely N-dealkylation sites (N-methyl/N-ethyl adjacent to an activating group) is 1. The van der Waals surface area contributed by atoms with Crippen molar-refractivity contribution in [3.8, 4) is 0 Å². The molecule has 0 radical (unpaired) electrons. The number of halogens is 2. The Balaban J connectivity index is 2.44. The highest BCUT2D eigenvalue weighted by Gasteiger charge is 2.20. The number of carbonyl (C=O) groups is 2. The molecule has 0 unspecified atom stereocenters. The zero-order valence-electron chi connectivity index (χ0n) is 14.3. The second kappa shape index (κ2) is 8.47. The van der Waals surface area contributed by atoms with Crippen LogP contribution < -0.4 is 10.6 Å². The molecule has 0 saturated carbocycles. The van der Waals surface area contributed by atoms with E-state index in [4.69, 9.17) is 4.74 Å². The Hall–Kier alpha value is -2.38. The van der Waals surface area contributed by atoms with E-state index in [0.717, 1.165) is 12.1 Å². The van der Waals surface area contributed by atoms with E-state index in [0.29, 0.717) is 12.6 Å². The number of nitrogens with zero attached hydrogens (tertiary/aromatic N) is 1. The smallest absolute Gasteiger partial charge is 0.410 e. The Kier molecular flexibility index (Phi) is 6.94. The van der Waals surface area contributed by atoms with Crippen LogP contribution >= 0.6 is 0 Å². The van der Waals surface area contributed by atoms with Crippen molar-refractivity contribution in [3.63, 3.8) is 0 Å². The molecule has 0 fully saturated rings. The third-order valence-corrected chi connectivity index (χ3v) is 2.88. The summed E-state index contributed by atoms with van der Waals surface area (Å²) in [6, 6.07) is 2.20. The summed E-state index contributed by atoms with van der Waals surface area (Å²) >= 11 is 0. The highest BCUT2D eigenvalue weighted by atomic mass is 19.1. The summed E-state index contributed by atoms with van der Waals surface area (Å²) < 4.78 is 31.5. The van der Waals surface area contributed by atoms with Crippen LogP contribution in [0.5, 0.6) is 0 Å². The van der Waals surface area contributed by atoms with E-state index in [1.165, 1.54) is 4.90 Å². The Bertz CT molecular complexity index is 588. The van der Waals surface area contributed by atoms with Crippen molar-refractivity contribution in [1.29, 1.82) is 0 Å². The van der Waals surface area contributed by atoms with E-state index in [9.17, 15) is 18.4 Å². The van der Waals surface area contributed by atoms with E-state index in [1.54, 1.807) is 27.7 Å². The van der Waals surface area contributed by atoms with E-state index in [-0.39, 0.29) is 18.8 Å². The molecule has 0 heterocycles. The second-order valence-electron chi connectivity index (χ2n) is 6.07. The summed E-state index contributed by atoms with van der Waals surface area (Å²) in [5.74, 6) is -1.59. The lowest BCUT2D eigenvalue weighted by molar-refractivity contribution is 0.0263. The number of hydrogen-bond donors (Lipinski definition) is 2. The molecule has 0 bridgehead atoms. The molecule has 6 nitrogen and oxygen atoms in total. The van der Waals surface area contributed by atoms with Crippen LogP contribution in [0.1, 0.15) is 27.7 Å². The molecule has 0 saturated heterocycles. The average Bonchev–Trinajstić information content (AvgIpc) is 2.44. The summed E-state index contributed by atoms with van der Waals surface area (Å²) in [7, 11) is 0. The maximum Gasteiger partial charge on any atom is 0.410 e. The lowest BCUT2D eigenvalue weighted by Crippen LogP contribution is -2.42. The lowest BCUT2D eigenvalue weighted by atomic mass is 10.2. The van der Waals surface area contributed by atoms with Crippen LogP contribution in [-0.2, 0) is 4.74 Å². The minimum absolute atomic E-state index is 0.131. The number of anilines is 1. The summed E-state index contributed by atoms with van der Waals surface area (Å²) in [4.78, 5) is 25.1. The van der Waals surface area contributed by atoms with Crippen molar-refractivity contribution in [3.05, 3.63) is 29.8 Å². The molecule has 2 N–H and O–H groups in total. The van der Waals surface area contributed by atoms with Gasteiger partial charge in [-0.1, -0.05) is 0 Å². The fraction of sp³-hybridized carbons (Fsp3) is 0.500. The predicted octanol–water partition coefficient (Wildman–Crippen LogP) is 3.34. The number of nitrogens with one attached hydrogen (secondary N) is 2. The molecule has 0 aromatic heterocycles. The summed E-state index contributed by atoms with van der Waals surface area (Å²) in [6.45, 7) is 7.90. The van der Waals surface area contributed by atoms with Crippen LogP contribution in [0, 0.1) is 11.6 Å². The van der Waals surface area contributed by atoms with E-state index in [2.05, 4.69) is 10.6 Å². The summed E-state index contributed by atoms with van der Waals surface area (Å²) in [6.07, 6.45) is -0.475. The molecule has 8 heteroatoms. The Morgan fingerprint density at radius 1 is 1.25 bits per heavy atom. The molecule has 0 aliphatic heterocycles. The third-order valence-electron chi connectivity index (χ3n) is 2.88. The van der Waals surface area contributed by atoms with Crippen LogP contribution in [0.25, 0.3) is 0 Å². The van der Waals surface area contributed by atoms with Gasteiger partial charge in [-0.15, -0.1) is 0 Å². The predicted molar refractivity (Wildman–Crippen MR) is 86.9 cm³/mol. The largest absolute Gasteiger partial charge is 0.444 e. The van der Waals surface area contributed by atoms with Gasteiger partial charge in [-0.3, -0.25) is 0 Å². The van der Waals surface area contributed by atoms with Gasteiger partial charge in [0.15, 0.2) is 0 Å². The van der Waals surface area contributed by atoms with Crippen molar-refractivity contribution in [2.45, 2.75) is 33.3 Å². The normalized spacial score (nSPS) is 10.9. The molecular weight excluding hydrogens is 320 g/mol. The average molecular weight is 343 g/mol. The van der Waals surface area contributed by atoms with Crippen molar-refractivity contribution < 1.29 is 23.1 Å². The van der Waals surface area contributed by atoms with Gasteiger partial charge in [0.1, 0.15) is 17.2 Å². The number of urea groups is 1. The van der Waals surface area contributed by atoms with Gasteiger partial charge in [-0.05, 0) is 39.8 Å². The van der Waals surface area contributed by atoms with Gasteiger partial charge in [0.25, 0.3) is 0 Å². The number of hydrogen-bond acceptors (Lipinski definition) is 3. The Morgan fingerprint density at radius 3 is 2.46 bits per heavy atom. The van der Waals surface area contributed by atoms with Crippen LogP contribution in [0.15, 0.2) is 18.2 Å². The molecule has 1 rings (SSSR count). The maximum absolute atomic E-state index is 13.4. The first-order chi connectivity index (χ1) is 11.1. The van der Waals surface area contributed by atoms with Gasteiger partial charge in [-0.2, -0.15) is 0 Å². The van der Waals surface area contributed by atoms with E-state index < -0.39 is 29.4 Å². The number of carbonyl (C=O) groups excluding carboxylic acids is 2. The van der Waals surface area contributed by atoms with E-state index >= 15 is 0 Å². The number of benzene rings is 1. The topological polar surface area (TPSA) is 70.7 Å². The van der Waals surface area contributed by atoms with Gasteiger partial charge in [0.05, 0.1) is 5.69 Å². The van der Waals surface area contributed by atoms with Crippen molar-refractivity contribution in [2.75, 3.05) is 25.0 Å². The quantitative estimate of drug-likeness (QED) is 0.861. The summed E-state index contributed by atoms with van der Waals surface area (Å²) in [5, 5.41) is 4.77. The first-order valence-electron chi connectivity index (χ1n) is 7.60. The molecule has 3 amide bonds. The molecule has 24 heavy (non-hydrogen) atoms. The van der Waals surface area contributed by atoms with E-state index in [1.807, 2.05) is 0 Å². The zero-order chi connectivity index (χ0) is 18.3. The van der Waals surface area contributed by atoms with Crippen LogP contribution in [0.4, 0.5) is 24.1 Å². The Morgan fingerprint density at radius 2 is 1.92 bits per heavy atom. The van der Waals surface area contributed by atoms with Gasteiger partial charge < -0.3 is 20.3 Å². The number of rotatable bonds is 5. The second-order valence-corrected chi connectivity index (χ2v) is 6.07. The first kappa shape index (κ1) is 19.7. The first-order valence-corrected chi connectivity index (χ1v) is 7.60. The maximum atomic E-state index is 13.4. The zero-order valence-corrected chi connectivity index (χ0v) is 14.3. The SMILES string of the molecule is CCN(CCNC(=O)Nc1ccc(F)cc1F)C(=O)OC(C)(C)C. The highest BCUT2D eigenvalue weighted by Crippen LogP contribution is 2.14. The van der Waals surface area contributed by atoms with Crippen molar-refractivity contribution in [1.82, 2.24) is 10.2 Å². The van der Waals surface area contributed by atoms with Crippen LogP contribution in [0.2, 0.25) is 0 Å². The van der Waals surface area contributed by atoms with Gasteiger partial charge in [-0.25, -0.2) is 18.4 Å². The van der Waals surface area contributed by atoms with Gasteiger partial charge in [0.2, 0.25) is 0 Å². The summed E-state index contributed by atoms with van der Waals surface area (Å²) in [5.41, 5.74) is -0.733. The molecule has 1 aromatic carbocycles. The molecule has 1 aromatic rings.